The molecule has 0 saturated carbocycles. The number of methoxy groups -OCH3 is 1. The van der Waals surface area contributed by atoms with E-state index in [4.69, 9.17) is 4.74 Å². The smallest absolute Gasteiger partial charge is 0.328 e. The van der Waals surface area contributed by atoms with Gasteiger partial charge in [0.2, 0.25) is 0 Å². The molecule has 1 amide bonds. The first kappa shape index (κ1) is 15.0. The number of esters is 1. The summed E-state index contributed by atoms with van der Waals surface area (Å²) in [6, 6.07) is 5.82. The molecule has 1 fully saturated rings. The van der Waals surface area contributed by atoms with E-state index in [9.17, 15) is 14.0 Å². The highest BCUT2D eigenvalue weighted by Crippen LogP contribution is 2.30. The lowest BCUT2D eigenvalue weighted by Gasteiger charge is -2.33. The van der Waals surface area contributed by atoms with Gasteiger partial charge in [-0.3, -0.25) is 4.79 Å². The van der Waals surface area contributed by atoms with Gasteiger partial charge in [-0.2, -0.15) is 0 Å². The van der Waals surface area contributed by atoms with Crippen LogP contribution in [0.4, 0.5) is 4.39 Å². The maximum Gasteiger partial charge on any atom is 0.328 e. The number of carbonyl (C=O) groups is 2. The van der Waals surface area contributed by atoms with Crippen LogP contribution in [-0.4, -0.2) is 36.5 Å². The largest absolute Gasteiger partial charge is 0.467 e. The third-order valence-electron chi connectivity index (χ3n) is 3.96. The lowest BCUT2D eigenvalue weighted by molar-refractivity contribution is -0.147. The van der Waals surface area contributed by atoms with Crippen molar-refractivity contribution in [3.63, 3.8) is 0 Å². The van der Waals surface area contributed by atoms with E-state index >= 15 is 0 Å². The fourth-order valence-electron chi connectivity index (χ4n) is 2.83. The first-order chi connectivity index (χ1) is 10.6. The maximum absolute atomic E-state index is 13.8. The Balaban J connectivity index is 1.93. The molecule has 1 aliphatic rings. The van der Waals surface area contributed by atoms with Crippen LogP contribution in [0.25, 0.3) is 10.1 Å². The maximum atomic E-state index is 13.8. The van der Waals surface area contributed by atoms with Gasteiger partial charge in [0.05, 0.1) is 12.0 Å². The average molecular weight is 321 g/mol. The summed E-state index contributed by atoms with van der Waals surface area (Å²) in [5.74, 6) is -0.952. The molecule has 1 aliphatic heterocycles. The Morgan fingerprint density at radius 2 is 2.18 bits per heavy atom. The van der Waals surface area contributed by atoms with Crippen LogP contribution in [-0.2, 0) is 9.53 Å². The number of benzene rings is 1. The summed E-state index contributed by atoms with van der Waals surface area (Å²) in [6.07, 6.45) is 2.36. The molecule has 0 bridgehead atoms. The van der Waals surface area contributed by atoms with Gasteiger partial charge in [0, 0.05) is 16.6 Å². The van der Waals surface area contributed by atoms with Crippen molar-refractivity contribution in [2.24, 2.45) is 0 Å². The second kappa shape index (κ2) is 6.04. The number of hydrogen-bond donors (Lipinski definition) is 0. The molecule has 2 aromatic rings. The summed E-state index contributed by atoms with van der Waals surface area (Å²) in [5, 5.41) is 0.447. The number of fused-ring (bicyclic) bond motifs is 1. The average Bonchev–Trinajstić information content (AvgIpc) is 2.99. The zero-order valence-corrected chi connectivity index (χ0v) is 13.0. The number of carbonyl (C=O) groups excluding carboxylic acids is 2. The van der Waals surface area contributed by atoms with Crippen molar-refractivity contribution in [1.29, 1.82) is 0 Å². The van der Waals surface area contributed by atoms with Crippen molar-refractivity contribution in [2.45, 2.75) is 25.3 Å². The van der Waals surface area contributed by atoms with Gasteiger partial charge >= 0.3 is 5.97 Å². The van der Waals surface area contributed by atoms with E-state index in [1.807, 2.05) is 0 Å². The minimum Gasteiger partial charge on any atom is -0.467 e. The minimum absolute atomic E-state index is 0.226. The van der Waals surface area contributed by atoms with Gasteiger partial charge in [0.15, 0.2) is 0 Å². The SMILES string of the molecule is COC(=O)C1CCCCN1C(=O)c1cc2c(F)cccc2s1. The molecule has 1 atom stereocenters. The Labute approximate surface area is 131 Å². The quantitative estimate of drug-likeness (QED) is 0.798. The summed E-state index contributed by atoms with van der Waals surface area (Å²) >= 11 is 1.25. The topological polar surface area (TPSA) is 46.6 Å². The molecule has 3 rings (SSSR count). The second-order valence-corrected chi connectivity index (χ2v) is 6.38. The summed E-state index contributed by atoms with van der Waals surface area (Å²) in [4.78, 5) is 26.6. The molecule has 2 heterocycles. The number of ether oxygens (including phenoxy) is 1. The number of hydrogen-bond acceptors (Lipinski definition) is 4. The van der Waals surface area contributed by atoms with Crippen LogP contribution < -0.4 is 0 Å². The number of thiophene rings is 1. The normalized spacial score (nSPS) is 18.5. The lowest BCUT2D eigenvalue weighted by atomic mass is 10.0. The number of halogens is 1. The van der Waals surface area contributed by atoms with Gasteiger partial charge in [-0.15, -0.1) is 11.3 Å². The van der Waals surface area contributed by atoms with E-state index in [0.717, 1.165) is 17.5 Å². The molecule has 22 heavy (non-hydrogen) atoms. The van der Waals surface area contributed by atoms with E-state index in [-0.39, 0.29) is 17.7 Å². The number of amides is 1. The van der Waals surface area contributed by atoms with Crippen LogP contribution in [0.5, 0.6) is 0 Å². The monoisotopic (exact) mass is 321 g/mol. The molecular weight excluding hydrogens is 305 g/mol. The van der Waals surface area contributed by atoms with Gasteiger partial charge < -0.3 is 9.64 Å². The van der Waals surface area contributed by atoms with Gasteiger partial charge in [-0.25, -0.2) is 9.18 Å². The fraction of sp³-hybridized carbons (Fsp3) is 0.375. The Hall–Kier alpha value is -1.95. The number of likely N-dealkylation sites (tertiary alicyclic amines) is 1. The Morgan fingerprint density at radius 1 is 1.36 bits per heavy atom. The minimum atomic E-state index is -0.540. The van der Waals surface area contributed by atoms with Crippen molar-refractivity contribution in [3.8, 4) is 0 Å². The third kappa shape index (κ3) is 2.59. The molecule has 1 saturated heterocycles. The molecule has 1 unspecified atom stereocenters. The molecule has 4 nitrogen and oxygen atoms in total. The number of nitrogens with zero attached hydrogens (tertiary/aromatic N) is 1. The van der Waals surface area contributed by atoms with Crippen molar-refractivity contribution in [3.05, 3.63) is 35.0 Å². The summed E-state index contributed by atoms with van der Waals surface area (Å²) in [7, 11) is 1.33. The van der Waals surface area contributed by atoms with Crippen molar-refractivity contribution in [1.82, 2.24) is 4.90 Å². The Kier molecular flexibility index (Phi) is 4.11. The molecule has 0 N–H and O–H groups in total. The van der Waals surface area contributed by atoms with Gasteiger partial charge in [0.1, 0.15) is 11.9 Å². The second-order valence-electron chi connectivity index (χ2n) is 5.30. The highest BCUT2D eigenvalue weighted by Gasteiger charge is 2.34. The zero-order valence-electron chi connectivity index (χ0n) is 12.2. The molecule has 0 aliphatic carbocycles. The van der Waals surface area contributed by atoms with Crippen LogP contribution in [0.15, 0.2) is 24.3 Å². The van der Waals surface area contributed by atoms with E-state index in [2.05, 4.69) is 0 Å². The highest BCUT2D eigenvalue weighted by atomic mass is 32.1. The molecule has 0 spiro atoms. The number of rotatable bonds is 2. The van der Waals surface area contributed by atoms with Crippen LogP contribution in [0.2, 0.25) is 0 Å². The van der Waals surface area contributed by atoms with Crippen LogP contribution in [0, 0.1) is 5.82 Å². The summed E-state index contributed by atoms with van der Waals surface area (Å²) in [5.41, 5.74) is 0. The Morgan fingerprint density at radius 3 is 2.91 bits per heavy atom. The predicted molar refractivity (Wildman–Crippen MR) is 82.5 cm³/mol. The van der Waals surface area contributed by atoms with Crippen molar-refractivity contribution in [2.75, 3.05) is 13.7 Å². The molecule has 1 aromatic carbocycles. The van der Waals surface area contributed by atoms with Gasteiger partial charge in [0.25, 0.3) is 5.91 Å². The van der Waals surface area contributed by atoms with Crippen LogP contribution in [0.3, 0.4) is 0 Å². The Bertz CT molecular complexity index is 727. The number of piperidine rings is 1. The molecule has 1 aromatic heterocycles. The van der Waals surface area contributed by atoms with E-state index in [0.29, 0.717) is 23.2 Å². The third-order valence-corrected chi connectivity index (χ3v) is 5.04. The van der Waals surface area contributed by atoms with Gasteiger partial charge in [-0.05, 0) is 37.5 Å². The zero-order chi connectivity index (χ0) is 15.7. The van der Waals surface area contributed by atoms with E-state index in [1.54, 1.807) is 23.1 Å². The lowest BCUT2D eigenvalue weighted by Crippen LogP contribution is -2.48. The highest BCUT2D eigenvalue weighted by molar-refractivity contribution is 7.20. The molecule has 116 valence electrons. The standard InChI is InChI=1S/C16H16FNO3S/c1-21-16(20)12-6-2-3-8-18(12)15(19)14-9-10-11(17)5-4-7-13(10)22-14/h4-5,7,9,12H,2-3,6,8H2,1H3. The molecule has 6 heteroatoms. The van der Waals surface area contributed by atoms with Crippen molar-refractivity contribution >= 4 is 33.3 Å². The van der Waals surface area contributed by atoms with E-state index in [1.165, 1.54) is 24.5 Å². The molecular formula is C16H16FNO3S. The van der Waals surface area contributed by atoms with E-state index < -0.39 is 6.04 Å². The fourth-order valence-corrected chi connectivity index (χ4v) is 3.86. The summed E-state index contributed by atoms with van der Waals surface area (Å²) < 4.78 is 19.3. The molecule has 0 radical (unpaired) electrons. The van der Waals surface area contributed by atoms with Gasteiger partial charge in [-0.1, -0.05) is 6.07 Å². The first-order valence-electron chi connectivity index (χ1n) is 7.18. The van der Waals surface area contributed by atoms with Crippen molar-refractivity contribution < 1.29 is 18.7 Å². The van der Waals surface area contributed by atoms with Crippen LogP contribution >= 0.6 is 11.3 Å². The first-order valence-corrected chi connectivity index (χ1v) is 8.00. The predicted octanol–water partition coefficient (Wildman–Crippen LogP) is 3.21. The van der Waals surface area contributed by atoms with Crippen LogP contribution in [0.1, 0.15) is 28.9 Å². The summed E-state index contributed by atoms with van der Waals surface area (Å²) in [6.45, 7) is 0.523.